The van der Waals surface area contributed by atoms with Crippen molar-refractivity contribution in [1.82, 2.24) is 0 Å². The van der Waals surface area contributed by atoms with Gasteiger partial charge in [0.25, 0.3) is 6.29 Å². The average molecular weight is 765 g/mol. The van der Waals surface area contributed by atoms with Crippen LogP contribution >= 0.6 is 0 Å². The van der Waals surface area contributed by atoms with Crippen molar-refractivity contribution in [3.05, 3.63) is 36.5 Å². The number of carboxylic acid groups (broad SMARTS) is 1. The van der Waals surface area contributed by atoms with Gasteiger partial charge in [0, 0.05) is 12.8 Å². The number of aliphatic carboxylic acids is 1. The third-order valence-corrected chi connectivity index (χ3v) is 9.12. The summed E-state index contributed by atoms with van der Waals surface area (Å²) in [6.45, 7) is 4.80. The van der Waals surface area contributed by atoms with Crippen LogP contribution in [-0.2, 0) is 33.3 Å². The molecule has 9 heteroatoms. The number of unbranched alkanes of at least 4 members (excludes halogenated alkanes) is 18. The average Bonchev–Trinajstić information content (AvgIpc) is 3.12. The summed E-state index contributed by atoms with van der Waals surface area (Å²) in [5.74, 6) is -2.04. The van der Waals surface area contributed by atoms with Crippen LogP contribution in [0.25, 0.3) is 0 Å². The van der Waals surface area contributed by atoms with Crippen LogP contribution < -0.4 is 0 Å². The molecule has 0 rings (SSSR count). The molecule has 0 spiro atoms. The molecule has 54 heavy (non-hydrogen) atoms. The molecule has 0 heterocycles. The second-order valence-electron chi connectivity index (χ2n) is 15.6. The number of allylic oxidation sites excluding steroid dienone is 6. The molecule has 0 aliphatic rings. The molecule has 9 nitrogen and oxygen atoms in total. The van der Waals surface area contributed by atoms with Gasteiger partial charge in [-0.05, 0) is 70.6 Å². The fourth-order valence-corrected chi connectivity index (χ4v) is 5.68. The third-order valence-electron chi connectivity index (χ3n) is 9.12. The Balaban J connectivity index is 4.51. The van der Waals surface area contributed by atoms with E-state index in [2.05, 4.69) is 50.3 Å². The summed E-state index contributed by atoms with van der Waals surface area (Å²) in [5.41, 5.74) is 0. The van der Waals surface area contributed by atoms with Crippen molar-refractivity contribution in [2.24, 2.45) is 0 Å². The van der Waals surface area contributed by atoms with Crippen LogP contribution in [0, 0.1) is 0 Å². The highest BCUT2D eigenvalue weighted by Gasteiger charge is 2.25. The highest BCUT2D eigenvalue weighted by molar-refractivity contribution is 5.71. The van der Waals surface area contributed by atoms with E-state index in [1.807, 2.05) is 21.1 Å². The monoisotopic (exact) mass is 765 g/mol. The lowest BCUT2D eigenvalue weighted by Crippen LogP contribution is -2.40. The van der Waals surface area contributed by atoms with Gasteiger partial charge in [-0.25, -0.2) is 4.79 Å². The van der Waals surface area contributed by atoms with Crippen molar-refractivity contribution in [1.29, 1.82) is 0 Å². The van der Waals surface area contributed by atoms with Crippen LogP contribution in [0.4, 0.5) is 0 Å². The predicted octanol–water partition coefficient (Wildman–Crippen LogP) is 11.1. The van der Waals surface area contributed by atoms with Gasteiger partial charge in [0.05, 0.1) is 34.4 Å². The molecule has 0 aromatic heterocycles. The molecule has 0 fully saturated rings. The lowest BCUT2D eigenvalue weighted by molar-refractivity contribution is -0.870. The summed E-state index contributed by atoms with van der Waals surface area (Å²) in [5, 5.41) is 9.62. The van der Waals surface area contributed by atoms with Crippen LogP contribution in [0.15, 0.2) is 36.5 Å². The zero-order valence-electron chi connectivity index (χ0n) is 35.4. The second kappa shape index (κ2) is 37.4. The Kier molecular flexibility index (Phi) is 35.7. The molecule has 2 atom stereocenters. The standard InChI is InChI=1S/C45H81NO8/c1-6-8-10-12-14-16-18-20-21-22-24-26-28-30-32-34-36-43(48)54-41(40-53-45(44(49)50)51-38-37-46(3,4)5)39-52-42(47)35-33-31-29-27-25-23-19-17-15-13-11-9-7-2/h16-19,21-22,41,45H,6-15,20,23-40H2,1-5H3/p+1/b18-16-,19-17-,22-21-. The molecule has 0 radical (unpaired) electrons. The van der Waals surface area contributed by atoms with Crippen LogP contribution in [0.2, 0.25) is 0 Å². The Labute approximate surface area is 330 Å². The molecule has 0 bridgehead atoms. The summed E-state index contributed by atoms with van der Waals surface area (Å²) in [6.07, 6.45) is 37.7. The number of likely N-dealkylation sites (N-methyl/N-ethyl adjacent to an activating group) is 1. The van der Waals surface area contributed by atoms with E-state index >= 15 is 0 Å². The normalized spacial score (nSPS) is 13.3. The van der Waals surface area contributed by atoms with Crippen molar-refractivity contribution < 1.29 is 42.9 Å². The molecule has 0 saturated heterocycles. The quantitative estimate of drug-likeness (QED) is 0.0217. The maximum absolute atomic E-state index is 12.7. The highest BCUT2D eigenvalue weighted by atomic mass is 16.7. The van der Waals surface area contributed by atoms with E-state index in [4.69, 9.17) is 18.9 Å². The molecule has 0 aliphatic heterocycles. The number of rotatable bonds is 39. The Morgan fingerprint density at radius 1 is 0.556 bits per heavy atom. The van der Waals surface area contributed by atoms with E-state index in [0.717, 1.165) is 77.0 Å². The first-order chi connectivity index (χ1) is 26.1. The summed E-state index contributed by atoms with van der Waals surface area (Å²) >= 11 is 0. The van der Waals surface area contributed by atoms with E-state index in [-0.39, 0.29) is 38.6 Å². The van der Waals surface area contributed by atoms with E-state index in [1.54, 1.807) is 0 Å². The summed E-state index contributed by atoms with van der Waals surface area (Å²) in [4.78, 5) is 37.0. The summed E-state index contributed by atoms with van der Waals surface area (Å²) in [7, 11) is 5.94. The number of ether oxygens (including phenoxy) is 4. The van der Waals surface area contributed by atoms with Crippen molar-refractivity contribution >= 4 is 17.9 Å². The molecule has 0 aliphatic carbocycles. The van der Waals surface area contributed by atoms with Gasteiger partial charge in [0.1, 0.15) is 13.2 Å². The van der Waals surface area contributed by atoms with E-state index in [0.29, 0.717) is 17.4 Å². The smallest absolute Gasteiger partial charge is 0.361 e. The fraction of sp³-hybridized carbons (Fsp3) is 0.800. The van der Waals surface area contributed by atoms with E-state index in [9.17, 15) is 19.5 Å². The van der Waals surface area contributed by atoms with Crippen LogP contribution in [0.5, 0.6) is 0 Å². The first-order valence-corrected chi connectivity index (χ1v) is 21.7. The molecular formula is C45H82NO8+. The number of carbonyl (C=O) groups excluding carboxylic acids is 2. The van der Waals surface area contributed by atoms with Crippen LogP contribution in [-0.4, -0.2) is 87.4 Å². The number of carboxylic acids is 1. The molecular weight excluding hydrogens is 682 g/mol. The Morgan fingerprint density at radius 3 is 1.48 bits per heavy atom. The minimum atomic E-state index is -1.51. The van der Waals surface area contributed by atoms with Crippen molar-refractivity contribution in [3.8, 4) is 0 Å². The lowest BCUT2D eigenvalue weighted by Gasteiger charge is -2.25. The zero-order chi connectivity index (χ0) is 40.0. The minimum absolute atomic E-state index is 0.183. The molecule has 314 valence electrons. The first kappa shape index (κ1) is 51.5. The summed E-state index contributed by atoms with van der Waals surface area (Å²) < 4.78 is 22.7. The SMILES string of the molecule is CCCCCC/C=C\C/C=C\CCCCCCCC(=O)OC(COC(=O)CCCCCCC/C=C\CCCCCC)COC(OCC[N+](C)(C)C)C(=O)O. The number of hydrogen-bond acceptors (Lipinski definition) is 7. The number of esters is 2. The largest absolute Gasteiger partial charge is 0.477 e. The number of quaternary nitrogens is 1. The van der Waals surface area contributed by atoms with Gasteiger partial charge >= 0.3 is 17.9 Å². The lowest BCUT2D eigenvalue weighted by atomic mass is 10.1. The van der Waals surface area contributed by atoms with Crippen LogP contribution in [0.1, 0.15) is 174 Å². The van der Waals surface area contributed by atoms with Crippen molar-refractivity contribution in [3.63, 3.8) is 0 Å². The van der Waals surface area contributed by atoms with Gasteiger partial charge in [0.2, 0.25) is 0 Å². The maximum atomic E-state index is 12.7. The topological polar surface area (TPSA) is 108 Å². The Hall–Kier alpha value is -2.49. The summed E-state index contributed by atoms with van der Waals surface area (Å²) in [6, 6.07) is 0. The number of hydrogen-bond donors (Lipinski definition) is 1. The highest BCUT2D eigenvalue weighted by Crippen LogP contribution is 2.13. The van der Waals surface area contributed by atoms with E-state index in [1.165, 1.54) is 64.2 Å². The zero-order valence-corrected chi connectivity index (χ0v) is 35.4. The second-order valence-corrected chi connectivity index (χ2v) is 15.6. The van der Waals surface area contributed by atoms with Crippen molar-refractivity contribution in [2.45, 2.75) is 187 Å². The molecule has 0 amide bonds. The Bertz CT molecular complexity index is 987. The minimum Gasteiger partial charge on any atom is -0.477 e. The molecule has 0 saturated carbocycles. The molecule has 0 aromatic carbocycles. The van der Waals surface area contributed by atoms with Gasteiger partial charge in [-0.15, -0.1) is 0 Å². The number of nitrogens with zero attached hydrogens (tertiary/aromatic N) is 1. The van der Waals surface area contributed by atoms with Gasteiger partial charge in [-0.2, -0.15) is 0 Å². The fourth-order valence-electron chi connectivity index (χ4n) is 5.68. The van der Waals surface area contributed by atoms with Gasteiger partial charge in [-0.1, -0.05) is 127 Å². The molecule has 2 unspecified atom stereocenters. The molecule has 0 aromatic rings. The van der Waals surface area contributed by atoms with E-state index < -0.39 is 24.3 Å². The molecule has 1 N–H and O–H groups in total. The first-order valence-electron chi connectivity index (χ1n) is 21.7. The van der Waals surface area contributed by atoms with Gasteiger partial charge in [0.15, 0.2) is 6.10 Å². The van der Waals surface area contributed by atoms with Gasteiger partial charge in [-0.3, -0.25) is 9.59 Å². The number of carbonyl (C=O) groups is 3. The van der Waals surface area contributed by atoms with Crippen molar-refractivity contribution in [2.75, 3.05) is 47.5 Å². The third kappa shape index (κ3) is 37.8. The van der Waals surface area contributed by atoms with Gasteiger partial charge < -0.3 is 28.5 Å². The van der Waals surface area contributed by atoms with Crippen LogP contribution in [0.3, 0.4) is 0 Å². The Morgan fingerprint density at radius 2 is 1.00 bits per heavy atom. The maximum Gasteiger partial charge on any atom is 0.361 e. The predicted molar refractivity (Wildman–Crippen MR) is 221 cm³/mol.